The number of hydrogen-bond acceptors (Lipinski definition) is 4. The van der Waals surface area contributed by atoms with Crippen molar-refractivity contribution in [2.45, 2.75) is 26.3 Å². The lowest BCUT2D eigenvalue weighted by molar-refractivity contribution is 0.216. The Bertz CT molecular complexity index is 531. The molecule has 1 heterocycles. The molecule has 0 fully saturated rings. The molecule has 0 saturated heterocycles. The van der Waals surface area contributed by atoms with Crippen molar-refractivity contribution in [3.8, 4) is 0 Å². The van der Waals surface area contributed by atoms with Gasteiger partial charge in [-0.25, -0.2) is 4.98 Å². The molecule has 0 aliphatic carbocycles. The van der Waals surface area contributed by atoms with Crippen LogP contribution < -0.4 is 4.90 Å². The van der Waals surface area contributed by atoms with Crippen molar-refractivity contribution in [3.05, 3.63) is 24.1 Å². The Hall–Kier alpha value is -1.55. The average Bonchev–Trinajstić information content (AvgIpc) is 2.66. The lowest BCUT2D eigenvalue weighted by Crippen LogP contribution is -2.44. The second kappa shape index (κ2) is 4.04. The maximum absolute atomic E-state index is 9.37. The van der Waals surface area contributed by atoms with Crippen LogP contribution >= 0.6 is 0 Å². The van der Waals surface area contributed by atoms with E-state index in [1.165, 1.54) is 0 Å². The van der Waals surface area contributed by atoms with Crippen LogP contribution in [0.5, 0.6) is 0 Å². The van der Waals surface area contributed by atoms with E-state index in [2.05, 4.69) is 4.98 Å². The van der Waals surface area contributed by atoms with Gasteiger partial charge in [-0.15, -0.1) is 0 Å². The van der Waals surface area contributed by atoms with Gasteiger partial charge >= 0.3 is 0 Å². The molecule has 0 amide bonds. The molecule has 0 aliphatic rings. The molecule has 2 aromatic rings. The third-order valence-electron chi connectivity index (χ3n) is 3.16. The molecule has 0 atom stereocenters. The molecule has 17 heavy (non-hydrogen) atoms. The zero-order valence-electron chi connectivity index (χ0n) is 10.7. The van der Waals surface area contributed by atoms with E-state index in [-0.39, 0.29) is 12.1 Å². The molecular formula is C13H18N2O2. The van der Waals surface area contributed by atoms with E-state index in [1.54, 1.807) is 0 Å². The fourth-order valence-electron chi connectivity index (χ4n) is 1.70. The highest BCUT2D eigenvalue weighted by Gasteiger charge is 2.23. The van der Waals surface area contributed by atoms with Crippen LogP contribution in [0.25, 0.3) is 11.1 Å². The van der Waals surface area contributed by atoms with Crippen LogP contribution in [0.15, 0.2) is 22.6 Å². The number of hydrogen-bond donors (Lipinski definition) is 1. The standard InChI is InChI=1S/C13H18N2O2/c1-9-14-11-7-10(5-6-12(11)17-9)15(4)13(2,3)8-16/h5-7,16H,8H2,1-4H3. The number of fused-ring (bicyclic) bond motifs is 1. The van der Waals surface area contributed by atoms with E-state index in [0.717, 1.165) is 16.8 Å². The monoisotopic (exact) mass is 234 g/mol. The molecule has 0 saturated carbocycles. The van der Waals surface area contributed by atoms with Crippen LogP contribution in [0, 0.1) is 6.92 Å². The highest BCUT2D eigenvalue weighted by molar-refractivity contribution is 5.77. The van der Waals surface area contributed by atoms with Crippen LogP contribution in [-0.4, -0.2) is 29.3 Å². The molecule has 92 valence electrons. The molecule has 0 bridgehead atoms. The number of nitrogens with zero attached hydrogens (tertiary/aromatic N) is 2. The Morgan fingerprint density at radius 2 is 2.12 bits per heavy atom. The smallest absolute Gasteiger partial charge is 0.192 e. The van der Waals surface area contributed by atoms with Crippen molar-refractivity contribution in [2.75, 3.05) is 18.6 Å². The summed E-state index contributed by atoms with van der Waals surface area (Å²) >= 11 is 0. The first-order chi connectivity index (χ1) is 7.94. The third-order valence-corrected chi connectivity index (χ3v) is 3.16. The van der Waals surface area contributed by atoms with Gasteiger partial charge in [-0.2, -0.15) is 0 Å². The van der Waals surface area contributed by atoms with Gasteiger partial charge in [-0.3, -0.25) is 0 Å². The summed E-state index contributed by atoms with van der Waals surface area (Å²) < 4.78 is 5.44. The summed E-state index contributed by atoms with van der Waals surface area (Å²) in [6, 6.07) is 5.86. The van der Waals surface area contributed by atoms with E-state index in [4.69, 9.17) is 4.42 Å². The van der Waals surface area contributed by atoms with Crippen molar-refractivity contribution < 1.29 is 9.52 Å². The minimum atomic E-state index is -0.299. The molecular weight excluding hydrogens is 216 g/mol. The molecule has 4 heteroatoms. The number of oxazole rings is 1. The molecule has 2 rings (SSSR count). The lowest BCUT2D eigenvalue weighted by Gasteiger charge is -2.35. The number of anilines is 1. The van der Waals surface area contributed by atoms with E-state index in [1.807, 2.05) is 50.9 Å². The van der Waals surface area contributed by atoms with Gasteiger partial charge in [0.15, 0.2) is 11.5 Å². The maximum Gasteiger partial charge on any atom is 0.192 e. The number of aryl methyl sites for hydroxylation is 1. The van der Waals surface area contributed by atoms with Crippen LogP contribution in [0.3, 0.4) is 0 Å². The van der Waals surface area contributed by atoms with Crippen molar-refractivity contribution in [1.29, 1.82) is 0 Å². The molecule has 1 aromatic heterocycles. The van der Waals surface area contributed by atoms with E-state index in [9.17, 15) is 5.11 Å². The number of aliphatic hydroxyl groups excluding tert-OH is 1. The first-order valence-electron chi connectivity index (χ1n) is 5.66. The van der Waals surface area contributed by atoms with Gasteiger partial charge in [0.25, 0.3) is 0 Å². The van der Waals surface area contributed by atoms with Crippen molar-refractivity contribution >= 4 is 16.8 Å². The normalized spacial score (nSPS) is 12.1. The Kier molecular flexibility index (Phi) is 2.83. The highest BCUT2D eigenvalue weighted by Crippen LogP contribution is 2.26. The predicted octanol–water partition coefficient (Wildman–Crippen LogP) is 2.34. The number of aromatic nitrogens is 1. The topological polar surface area (TPSA) is 49.5 Å². The fourth-order valence-corrected chi connectivity index (χ4v) is 1.70. The Labute approximate surface area is 101 Å². The second-order valence-electron chi connectivity index (χ2n) is 4.91. The van der Waals surface area contributed by atoms with Crippen LogP contribution in [0.1, 0.15) is 19.7 Å². The van der Waals surface area contributed by atoms with E-state index >= 15 is 0 Å². The number of rotatable bonds is 3. The SMILES string of the molecule is Cc1nc2cc(N(C)C(C)(C)CO)ccc2o1. The van der Waals surface area contributed by atoms with Gasteiger partial charge in [-0.05, 0) is 32.0 Å². The van der Waals surface area contributed by atoms with Crippen molar-refractivity contribution in [1.82, 2.24) is 4.98 Å². The Morgan fingerprint density at radius 3 is 2.76 bits per heavy atom. The van der Waals surface area contributed by atoms with Gasteiger partial charge in [0.2, 0.25) is 0 Å². The molecule has 0 aliphatic heterocycles. The number of benzene rings is 1. The van der Waals surface area contributed by atoms with Gasteiger partial charge < -0.3 is 14.4 Å². The summed E-state index contributed by atoms with van der Waals surface area (Å²) in [5.74, 6) is 0.668. The van der Waals surface area contributed by atoms with Crippen molar-refractivity contribution in [3.63, 3.8) is 0 Å². The minimum Gasteiger partial charge on any atom is -0.441 e. The largest absolute Gasteiger partial charge is 0.441 e. The Balaban J connectivity index is 2.42. The number of aliphatic hydroxyl groups is 1. The first-order valence-corrected chi connectivity index (χ1v) is 5.66. The molecule has 4 nitrogen and oxygen atoms in total. The summed E-state index contributed by atoms with van der Waals surface area (Å²) in [6.45, 7) is 5.91. The van der Waals surface area contributed by atoms with E-state index in [0.29, 0.717) is 5.89 Å². The molecule has 1 N–H and O–H groups in total. The van der Waals surface area contributed by atoms with Gasteiger partial charge in [0.05, 0.1) is 12.1 Å². The van der Waals surface area contributed by atoms with Crippen LogP contribution in [-0.2, 0) is 0 Å². The zero-order chi connectivity index (χ0) is 12.6. The molecule has 0 radical (unpaired) electrons. The Morgan fingerprint density at radius 1 is 1.41 bits per heavy atom. The summed E-state index contributed by atoms with van der Waals surface area (Å²) in [4.78, 5) is 6.35. The third kappa shape index (κ3) is 2.13. The van der Waals surface area contributed by atoms with Gasteiger partial charge in [-0.1, -0.05) is 0 Å². The molecule has 0 spiro atoms. The molecule has 0 unspecified atom stereocenters. The van der Waals surface area contributed by atoms with Crippen LogP contribution in [0.2, 0.25) is 0 Å². The first kappa shape index (κ1) is 11.9. The lowest BCUT2D eigenvalue weighted by atomic mass is 10.0. The quantitative estimate of drug-likeness (QED) is 0.885. The van der Waals surface area contributed by atoms with Gasteiger partial charge in [0.1, 0.15) is 5.52 Å². The summed E-state index contributed by atoms with van der Waals surface area (Å²) in [6.07, 6.45) is 0. The maximum atomic E-state index is 9.37. The minimum absolute atomic E-state index is 0.0966. The number of likely N-dealkylation sites (N-methyl/N-ethyl adjacent to an activating group) is 1. The molecule has 1 aromatic carbocycles. The van der Waals surface area contributed by atoms with Gasteiger partial charge in [0, 0.05) is 19.7 Å². The summed E-state index contributed by atoms with van der Waals surface area (Å²) in [5, 5.41) is 9.37. The van der Waals surface area contributed by atoms with Crippen LogP contribution in [0.4, 0.5) is 5.69 Å². The second-order valence-corrected chi connectivity index (χ2v) is 4.91. The average molecular weight is 234 g/mol. The highest BCUT2D eigenvalue weighted by atomic mass is 16.3. The fraction of sp³-hybridized carbons (Fsp3) is 0.462. The van der Waals surface area contributed by atoms with E-state index < -0.39 is 0 Å². The summed E-state index contributed by atoms with van der Waals surface area (Å²) in [7, 11) is 1.96. The summed E-state index contributed by atoms with van der Waals surface area (Å²) in [5.41, 5.74) is 2.36. The van der Waals surface area contributed by atoms with Crippen molar-refractivity contribution in [2.24, 2.45) is 0 Å². The predicted molar refractivity (Wildman–Crippen MR) is 68.3 cm³/mol. The zero-order valence-corrected chi connectivity index (χ0v) is 10.7.